The Morgan fingerprint density at radius 2 is 1.56 bits per heavy atom. The Morgan fingerprint density at radius 3 is 2.32 bits per heavy atom. The second-order valence-electron chi connectivity index (χ2n) is 11.4. The number of carbonyl (C=O) groups excluding carboxylic acids is 3. The van der Waals surface area contributed by atoms with E-state index in [0.717, 1.165) is 22.0 Å². The van der Waals surface area contributed by atoms with Crippen LogP contribution in [0.3, 0.4) is 0 Å². The topological polar surface area (TPSA) is 137 Å². The maximum atomic E-state index is 14.1. The van der Waals surface area contributed by atoms with Crippen LogP contribution in [0.5, 0.6) is 0 Å². The minimum absolute atomic E-state index is 0.0275. The van der Waals surface area contributed by atoms with Gasteiger partial charge in [-0.25, -0.2) is 4.79 Å². The van der Waals surface area contributed by atoms with Gasteiger partial charge < -0.3 is 25.6 Å². The first kappa shape index (κ1) is 28.5. The predicted octanol–water partition coefficient (Wildman–Crippen LogP) is 3.31. The lowest BCUT2D eigenvalue weighted by molar-refractivity contribution is -0.152. The Labute approximate surface area is 239 Å². The maximum Gasteiger partial charge on any atom is 0.326 e. The highest BCUT2D eigenvalue weighted by molar-refractivity contribution is 5.94. The van der Waals surface area contributed by atoms with Crippen LogP contribution in [0.2, 0.25) is 0 Å². The number of aliphatic carboxylic acids is 1. The number of carbonyl (C=O) groups is 4. The first-order valence-corrected chi connectivity index (χ1v) is 14.5. The van der Waals surface area contributed by atoms with Crippen LogP contribution in [0, 0.1) is 5.92 Å². The first-order chi connectivity index (χ1) is 19.8. The molecule has 0 radical (unpaired) electrons. The highest BCUT2D eigenvalue weighted by Crippen LogP contribution is 2.29. The molecule has 2 aliphatic rings. The van der Waals surface area contributed by atoms with Gasteiger partial charge in [0.15, 0.2) is 0 Å². The fraction of sp³-hybridized carbons (Fsp3) is 0.438. The number of fused-ring (bicyclic) bond motifs is 1. The molecule has 0 spiro atoms. The van der Waals surface area contributed by atoms with E-state index in [1.165, 1.54) is 4.90 Å². The number of hydrogen-bond acceptors (Lipinski definition) is 5. The fourth-order valence-electron chi connectivity index (χ4n) is 6.45. The number of likely N-dealkylation sites (tertiary alicyclic amines) is 2. The summed E-state index contributed by atoms with van der Waals surface area (Å²) in [6.45, 7) is 0.789. The lowest BCUT2D eigenvalue weighted by atomic mass is 9.90. The van der Waals surface area contributed by atoms with Gasteiger partial charge in [0.1, 0.15) is 17.9 Å². The number of nitrogens with one attached hydrogen (secondary N) is 1. The lowest BCUT2D eigenvalue weighted by Gasteiger charge is -2.32. The van der Waals surface area contributed by atoms with E-state index in [0.29, 0.717) is 51.6 Å². The van der Waals surface area contributed by atoms with Gasteiger partial charge in [-0.1, -0.05) is 48.5 Å². The van der Waals surface area contributed by atoms with Crippen molar-refractivity contribution in [2.24, 2.45) is 11.7 Å². The Hall–Kier alpha value is -3.98. The molecule has 0 unspecified atom stereocenters. The zero-order chi connectivity index (χ0) is 28.9. The van der Waals surface area contributed by atoms with Gasteiger partial charge in [-0.3, -0.25) is 14.4 Å². The minimum Gasteiger partial charge on any atom is -0.480 e. The monoisotopic (exact) mass is 558 g/mol. The van der Waals surface area contributed by atoms with Crippen molar-refractivity contribution in [2.75, 3.05) is 13.1 Å². The SMILES string of the molecule is N[C@H](CC(=O)C[C@@H](Cc1c[nH]c2ccccc12)C(=O)N1CCC[C@H]1C(=O)N1CCC[C@H]1C(=O)O)Cc1ccccc1. The normalized spacial score (nSPS) is 20.3. The van der Waals surface area contributed by atoms with E-state index in [4.69, 9.17) is 5.73 Å². The molecule has 0 saturated carbocycles. The molecule has 3 aromatic rings. The quantitative estimate of drug-likeness (QED) is 0.330. The molecule has 216 valence electrons. The molecule has 3 heterocycles. The van der Waals surface area contributed by atoms with Crippen molar-refractivity contribution in [3.8, 4) is 0 Å². The van der Waals surface area contributed by atoms with Crippen molar-refractivity contribution in [1.82, 2.24) is 14.8 Å². The summed E-state index contributed by atoms with van der Waals surface area (Å²) in [6.07, 6.45) is 5.17. The van der Waals surface area contributed by atoms with Crippen molar-refractivity contribution in [3.05, 3.63) is 71.9 Å². The van der Waals surface area contributed by atoms with Crippen molar-refractivity contribution in [3.63, 3.8) is 0 Å². The number of aromatic amines is 1. The molecule has 9 nitrogen and oxygen atoms in total. The largest absolute Gasteiger partial charge is 0.480 e. The molecular weight excluding hydrogens is 520 g/mol. The molecule has 9 heteroatoms. The number of benzene rings is 2. The Balaban J connectivity index is 1.34. The molecule has 2 fully saturated rings. The van der Waals surface area contributed by atoms with Crippen LogP contribution in [-0.2, 0) is 32.0 Å². The summed E-state index contributed by atoms with van der Waals surface area (Å²) in [4.78, 5) is 58.9. The van der Waals surface area contributed by atoms with E-state index in [1.807, 2.05) is 60.8 Å². The van der Waals surface area contributed by atoms with Crippen LogP contribution in [0.25, 0.3) is 10.9 Å². The van der Waals surface area contributed by atoms with Gasteiger partial charge >= 0.3 is 5.97 Å². The Morgan fingerprint density at radius 1 is 0.878 bits per heavy atom. The van der Waals surface area contributed by atoms with E-state index in [9.17, 15) is 24.3 Å². The van der Waals surface area contributed by atoms with Crippen molar-refractivity contribution in [2.45, 2.75) is 69.5 Å². The van der Waals surface area contributed by atoms with Crippen molar-refractivity contribution in [1.29, 1.82) is 0 Å². The highest BCUT2D eigenvalue weighted by Gasteiger charge is 2.43. The minimum atomic E-state index is -1.01. The van der Waals surface area contributed by atoms with Gasteiger partial charge in [0.25, 0.3) is 0 Å². The number of hydrogen-bond donors (Lipinski definition) is 3. The molecule has 2 aliphatic heterocycles. The van der Waals surface area contributed by atoms with Crippen LogP contribution in [0.15, 0.2) is 60.8 Å². The van der Waals surface area contributed by atoms with E-state index in [2.05, 4.69) is 4.98 Å². The Kier molecular flexibility index (Phi) is 8.83. The molecule has 2 aromatic carbocycles. The number of ketones is 1. The predicted molar refractivity (Wildman–Crippen MR) is 155 cm³/mol. The fourth-order valence-corrected chi connectivity index (χ4v) is 6.45. The standard InChI is InChI=1S/C32H38N4O5/c33-24(16-21-8-2-1-3-9-21)19-25(37)18-22(17-23-20-34-27-11-5-4-10-26(23)27)30(38)35-14-6-12-28(35)31(39)36-15-7-13-29(36)32(40)41/h1-5,8-11,20,22,24,28-29,34H,6-7,12-19,33H2,(H,40,41)/t22-,24+,28+,29+/m1/s1. The average Bonchev–Trinajstić information content (AvgIpc) is 3.72. The zero-order valence-electron chi connectivity index (χ0n) is 23.2. The number of rotatable bonds is 11. The first-order valence-electron chi connectivity index (χ1n) is 14.5. The summed E-state index contributed by atoms with van der Waals surface area (Å²) in [7, 11) is 0. The molecule has 2 saturated heterocycles. The number of Topliss-reactive ketones (excluding diaryl/α,β-unsaturated/α-hetero) is 1. The molecule has 4 N–H and O–H groups in total. The van der Waals surface area contributed by atoms with Crippen LogP contribution in [0.4, 0.5) is 0 Å². The molecular formula is C32H38N4O5. The number of amides is 2. The Bertz CT molecular complexity index is 1400. The van der Waals surface area contributed by atoms with Gasteiger partial charge in [0.2, 0.25) is 11.8 Å². The molecule has 1 aromatic heterocycles. The van der Waals surface area contributed by atoms with E-state index >= 15 is 0 Å². The highest BCUT2D eigenvalue weighted by atomic mass is 16.4. The van der Waals surface area contributed by atoms with E-state index in [-0.39, 0.29) is 36.5 Å². The van der Waals surface area contributed by atoms with Crippen molar-refractivity contribution < 1.29 is 24.3 Å². The summed E-state index contributed by atoms with van der Waals surface area (Å²) < 4.78 is 0. The smallest absolute Gasteiger partial charge is 0.326 e. The van der Waals surface area contributed by atoms with Crippen LogP contribution in [0.1, 0.15) is 49.7 Å². The van der Waals surface area contributed by atoms with Gasteiger partial charge in [-0.2, -0.15) is 0 Å². The molecule has 0 aliphatic carbocycles. The average molecular weight is 559 g/mol. The van der Waals surface area contributed by atoms with Gasteiger partial charge in [0, 0.05) is 55.0 Å². The van der Waals surface area contributed by atoms with Gasteiger partial charge in [-0.15, -0.1) is 0 Å². The third-order valence-corrected chi connectivity index (χ3v) is 8.44. The number of aromatic nitrogens is 1. The molecule has 2 amide bonds. The molecule has 5 rings (SSSR count). The molecule has 0 bridgehead atoms. The number of carboxylic acids is 1. The van der Waals surface area contributed by atoms with E-state index < -0.39 is 24.0 Å². The second-order valence-corrected chi connectivity index (χ2v) is 11.4. The van der Waals surface area contributed by atoms with Crippen LogP contribution in [-0.4, -0.2) is 74.7 Å². The van der Waals surface area contributed by atoms with Crippen LogP contribution >= 0.6 is 0 Å². The summed E-state index contributed by atoms with van der Waals surface area (Å²) in [5.74, 6) is -2.29. The maximum absolute atomic E-state index is 14.1. The zero-order valence-corrected chi connectivity index (χ0v) is 23.2. The number of para-hydroxylation sites is 1. The summed E-state index contributed by atoms with van der Waals surface area (Å²) in [5, 5.41) is 10.6. The van der Waals surface area contributed by atoms with Crippen molar-refractivity contribution >= 4 is 34.5 Å². The third kappa shape index (κ3) is 6.51. The molecule has 41 heavy (non-hydrogen) atoms. The second kappa shape index (κ2) is 12.7. The summed E-state index contributed by atoms with van der Waals surface area (Å²) >= 11 is 0. The number of H-pyrrole nitrogens is 1. The third-order valence-electron chi connectivity index (χ3n) is 8.44. The van der Waals surface area contributed by atoms with E-state index in [1.54, 1.807) is 4.90 Å². The summed E-state index contributed by atoms with van der Waals surface area (Å²) in [5.41, 5.74) is 9.29. The van der Waals surface area contributed by atoms with Crippen LogP contribution < -0.4 is 5.73 Å². The summed E-state index contributed by atoms with van der Waals surface area (Å²) in [6, 6.07) is 15.7. The van der Waals surface area contributed by atoms with Gasteiger partial charge in [-0.05, 0) is 55.7 Å². The number of nitrogens with two attached hydrogens (primary N) is 1. The van der Waals surface area contributed by atoms with Gasteiger partial charge in [0.05, 0.1) is 0 Å². The molecule has 4 atom stereocenters. The number of carboxylic acid groups (broad SMARTS) is 1. The number of nitrogens with zero attached hydrogens (tertiary/aromatic N) is 2. The lowest BCUT2D eigenvalue weighted by Crippen LogP contribution is -2.52.